The molecule has 0 spiro atoms. The van der Waals surface area contributed by atoms with Crippen molar-refractivity contribution in [3.05, 3.63) is 59.7 Å². The quantitative estimate of drug-likeness (QED) is 0.366. The first-order valence-corrected chi connectivity index (χ1v) is 8.33. The summed E-state index contributed by atoms with van der Waals surface area (Å²) in [4.78, 5) is 6.48. The highest BCUT2D eigenvalue weighted by Gasteiger charge is 2.10. The first kappa shape index (κ1) is 20.2. The predicted octanol–water partition coefficient (Wildman–Crippen LogP) is 3.10. The van der Waals surface area contributed by atoms with Crippen molar-refractivity contribution in [1.82, 2.24) is 25.0 Å². The molecule has 7 heteroatoms. The van der Waals surface area contributed by atoms with Gasteiger partial charge < -0.3 is 14.8 Å². The van der Waals surface area contributed by atoms with E-state index in [1.165, 1.54) is 16.3 Å². The van der Waals surface area contributed by atoms with Crippen LogP contribution in [0.2, 0.25) is 0 Å². The minimum atomic E-state index is 0. The van der Waals surface area contributed by atoms with E-state index in [4.69, 9.17) is 0 Å². The molecule has 3 aromatic rings. The van der Waals surface area contributed by atoms with Crippen molar-refractivity contribution in [2.45, 2.75) is 20.0 Å². The molecular weight excluding hydrogens is 439 g/mol. The summed E-state index contributed by atoms with van der Waals surface area (Å²) < 4.78 is 1.98. The number of aryl methyl sites for hydroxylation is 1. The topological polar surface area (TPSA) is 58.3 Å². The van der Waals surface area contributed by atoms with E-state index in [1.54, 1.807) is 7.05 Å². The fourth-order valence-corrected chi connectivity index (χ4v) is 2.83. The molecule has 0 unspecified atom stereocenters. The molecule has 26 heavy (non-hydrogen) atoms. The zero-order valence-electron chi connectivity index (χ0n) is 15.6. The Morgan fingerprint density at radius 1 is 1.15 bits per heavy atom. The third kappa shape index (κ3) is 4.51. The van der Waals surface area contributed by atoms with Crippen LogP contribution in [-0.2, 0) is 20.1 Å². The largest absolute Gasteiger partial charge is 0.349 e. The minimum absolute atomic E-state index is 0. The van der Waals surface area contributed by atoms with Crippen LogP contribution < -0.4 is 5.32 Å². The molecule has 6 nitrogen and oxygen atoms in total. The number of fused-ring (bicyclic) bond motifs is 1. The number of rotatable bonds is 4. The van der Waals surface area contributed by atoms with Crippen LogP contribution in [0.1, 0.15) is 17.2 Å². The Bertz CT molecular complexity index is 902. The molecule has 2 aromatic carbocycles. The van der Waals surface area contributed by atoms with Gasteiger partial charge in [0.15, 0.2) is 11.8 Å². The molecule has 0 amide bonds. The fraction of sp³-hybridized carbons (Fsp3) is 0.316. The normalized spacial score (nSPS) is 11.3. The van der Waals surface area contributed by atoms with Crippen LogP contribution in [0.15, 0.2) is 47.5 Å². The van der Waals surface area contributed by atoms with Gasteiger partial charge in [0.05, 0.1) is 6.54 Å². The molecule has 0 saturated heterocycles. The lowest BCUT2D eigenvalue weighted by Crippen LogP contribution is -2.38. The zero-order valence-corrected chi connectivity index (χ0v) is 17.9. The van der Waals surface area contributed by atoms with E-state index in [1.807, 2.05) is 25.6 Å². The van der Waals surface area contributed by atoms with E-state index in [9.17, 15) is 0 Å². The highest BCUT2D eigenvalue weighted by molar-refractivity contribution is 14.0. The van der Waals surface area contributed by atoms with Gasteiger partial charge in [-0.1, -0.05) is 36.4 Å². The fourth-order valence-electron chi connectivity index (χ4n) is 2.83. The van der Waals surface area contributed by atoms with Crippen molar-refractivity contribution >= 4 is 40.7 Å². The van der Waals surface area contributed by atoms with Gasteiger partial charge in [-0.2, -0.15) is 0 Å². The van der Waals surface area contributed by atoms with Gasteiger partial charge in [-0.15, -0.1) is 34.2 Å². The summed E-state index contributed by atoms with van der Waals surface area (Å²) >= 11 is 0. The van der Waals surface area contributed by atoms with Crippen molar-refractivity contribution in [1.29, 1.82) is 0 Å². The standard InChI is InChI=1S/C19H24N6.HI/c1-14-22-23-18(25(14)4)12-21-19(20-2)24(3)13-15-9-10-16-7-5-6-8-17(16)11-15;/h5-11H,12-13H2,1-4H3,(H,20,21);1H. The van der Waals surface area contributed by atoms with Crippen molar-refractivity contribution < 1.29 is 0 Å². The molecule has 0 saturated carbocycles. The van der Waals surface area contributed by atoms with E-state index >= 15 is 0 Å². The highest BCUT2D eigenvalue weighted by atomic mass is 127. The molecule has 0 fully saturated rings. The summed E-state index contributed by atoms with van der Waals surface area (Å²) in [5.74, 6) is 2.61. The van der Waals surface area contributed by atoms with Gasteiger partial charge in [-0.3, -0.25) is 4.99 Å². The number of halogens is 1. The maximum Gasteiger partial charge on any atom is 0.194 e. The summed E-state index contributed by atoms with van der Waals surface area (Å²) in [6.45, 7) is 3.31. The Kier molecular flexibility index (Phi) is 6.96. The van der Waals surface area contributed by atoms with Crippen molar-refractivity contribution in [3.63, 3.8) is 0 Å². The van der Waals surface area contributed by atoms with Gasteiger partial charge >= 0.3 is 0 Å². The molecule has 1 heterocycles. The van der Waals surface area contributed by atoms with Gasteiger partial charge in [0, 0.05) is 27.7 Å². The smallest absolute Gasteiger partial charge is 0.194 e. The van der Waals surface area contributed by atoms with Crippen LogP contribution in [0.5, 0.6) is 0 Å². The Balaban J connectivity index is 0.00000243. The minimum Gasteiger partial charge on any atom is -0.349 e. The monoisotopic (exact) mass is 464 g/mol. The number of benzene rings is 2. The van der Waals surface area contributed by atoms with Crippen LogP contribution in [0.25, 0.3) is 10.8 Å². The summed E-state index contributed by atoms with van der Waals surface area (Å²) in [6.07, 6.45) is 0. The molecule has 0 atom stereocenters. The average Bonchev–Trinajstić information content (AvgIpc) is 2.94. The number of aromatic nitrogens is 3. The molecule has 0 bridgehead atoms. The first-order valence-electron chi connectivity index (χ1n) is 8.33. The molecule has 0 aliphatic rings. The number of hydrogen-bond donors (Lipinski definition) is 1. The van der Waals surface area contributed by atoms with E-state index in [0.29, 0.717) is 6.54 Å². The summed E-state index contributed by atoms with van der Waals surface area (Å²) in [5, 5.41) is 14.1. The molecule has 0 aliphatic carbocycles. The van der Waals surface area contributed by atoms with Gasteiger partial charge in [-0.25, -0.2) is 0 Å². The average molecular weight is 464 g/mol. The van der Waals surface area contributed by atoms with Crippen LogP contribution in [0.4, 0.5) is 0 Å². The van der Waals surface area contributed by atoms with E-state index in [0.717, 1.165) is 24.2 Å². The van der Waals surface area contributed by atoms with Gasteiger partial charge in [0.2, 0.25) is 0 Å². The SMILES string of the molecule is CN=C(NCc1nnc(C)n1C)N(C)Cc1ccc2ccccc2c1.I. The number of aliphatic imine (C=N–C) groups is 1. The number of nitrogens with one attached hydrogen (secondary N) is 1. The predicted molar refractivity (Wildman–Crippen MR) is 117 cm³/mol. The third-order valence-corrected chi connectivity index (χ3v) is 4.39. The summed E-state index contributed by atoms with van der Waals surface area (Å²) in [7, 11) is 5.79. The van der Waals surface area contributed by atoms with Crippen molar-refractivity contribution in [2.24, 2.45) is 12.0 Å². The van der Waals surface area contributed by atoms with E-state index in [2.05, 4.69) is 67.9 Å². The molecule has 0 radical (unpaired) electrons. The molecule has 3 rings (SSSR count). The molecule has 138 valence electrons. The number of nitrogens with zero attached hydrogens (tertiary/aromatic N) is 5. The lowest BCUT2D eigenvalue weighted by molar-refractivity contribution is 0.474. The lowest BCUT2D eigenvalue weighted by Gasteiger charge is -2.22. The van der Waals surface area contributed by atoms with Gasteiger partial charge in [-0.05, 0) is 29.3 Å². The van der Waals surface area contributed by atoms with Crippen molar-refractivity contribution in [2.75, 3.05) is 14.1 Å². The Labute approximate surface area is 171 Å². The van der Waals surface area contributed by atoms with Gasteiger partial charge in [0.1, 0.15) is 5.82 Å². The Morgan fingerprint density at radius 2 is 1.88 bits per heavy atom. The molecule has 1 N–H and O–H groups in total. The van der Waals surface area contributed by atoms with Crippen LogP contribution in [-0.4, -0.2) is 39.7 Å². The summed E-state index contributed by atoms with van der Waals surface area (Å²) in [6, 6.07) is 15.0. The lowest BCUT2D eigenvalue weighted by atomic mass is 10.1. The van der Waals surface area contributed by atoms with Crippen LogP contribution in [0, 0.1) is 6.92 Å². The third-order valence-electron chi connectivity index (χ3n) is 4.39. The Hall–Kier alpha value is -2.16. The number of guanidine groups is 1. The summed E-state index contributed by atoms with van der Waals surface area (Å²) in [5.41, 5.74) is 1.25. The van der Waals surface area contributed by atoms with Gasteiger partial charge in [0.25, 0.3) is 0 Å². The molecular formula is C19H25IN6. The second kappa shape index (κ2) is 8.98. The second-order valence-corrected chi connectivity index (χ2v) is 6.16. The Morgan fingerprint density at radius 3 is 2.54 bits per heavy atom. The number of hydrogen-bond acceptors (Lipinski definition) is 3. The second-order valence-electron chi connectivity index (χ2n) is 6.16. The first-order chi connectivity index (χ1) is 12.1. The van der Waals surface area contributed by atoms with E-state index in [-0.39, 0.29) is 24.0 Å². The van der Waals surface area contributed by atoms with Crippen LogP contribution >= 0.6 is 24.0 Å². The highest BCUT2D eigenvalue weighted by Crippen LogP contribution is 2.16. The van der Waals surface area contributed by atoms with E-state index < -0.39 is 0 Å². The maximum atomic E-state index is 4.37. The van der Waals surface area contributed by atoms with Crippen molar-refractivity contribution in [3.8, 4) is 0 Å². The molecule has 0 aliphatic heterocycles. The zero-order chi connectivity index (χ0) is 17.8. The maximum absolute atomic E-state index is 4.37. The van der Waals surface area contributed by atoms with Crippen LogP contribution in [0.3, 0.4) is 0 Å². The molecule has 1 aromatic heterocycles.